The van der Waals surface area contributed by atoms with Gasteiger partial charge in [-0.3, -0.25) is 0 Å². The van der Waals surface area contributed by atoms with Gasteiger partial charge in [0.2, 0.25) is 0 Å². The fourth-order valence-electron chi connectivity index (χ4n) is 5.56. The molecule has 128 valence electrons. The van der Waals surface area contributed by atoms with Crippen molar-refractivity contribution in [2.75, 3.05) is 20.8 Å². The number of nitrogens with two attached hydrogens (primary N) is 1. The van der Waals surface area contributed by atoms with Crippen LogP contribution in [0.25, 0.3) is 0 Å². The molecule has 0 radical (unpaired) electrons. The van der Waals surface area contributed by atoms with Crippen LogP contribution in [0.5, 0.6) is 0 Å². The van der Waals surface area contributed by atoms with Crippen molar-refractivity contribution >= 4 is 0 Å². The third-order valence-corrected chi connectivity index (χ3v) is 6.62. The van der Waals surface area contributed by atoms with E-state index in [1.54, 1.807) is 0 Å². The Hall–Kier alpha value is -0.160. The molecule has 3 N–H and O–H groups in total. The molecule has 0 aromatic rings. The minimum Gasteiger partial charge on any atom is -0.379 e. The molecule has 1 aliphatic heterocycles. The predicted octanol–water partition coefficient (Wildman–Crippen LogP) is 2.31. The highest BCUT2D eigenvalue weighted by Gasteiger charge is 2.47. The molecule has 22 heavy (non-hydrogen) atoms. The molecule has 1 heterocycles. The van der Waals surface area contributed by atoms with Gasteiger partial charge >= 0.3 is 0 Å². The van der Waals surface area contributed by atoms with Gasteiger partial charge in [-0.05, 0) is 62.8 Å². The van der Waals surface area contributed by atoms with Crippen molar-refractivity contribution < 1.29 is 9.47 Å². The fourth-order valence-corrected chi connectivity index (χ4v) is 5.56. The second-order valence-electron chi connectivity index (χ2n) is 7.61. The summed E-state index contributed by atoms with van der Waals surface area (Å²) in [6, 6.07) is 1.39. The number of methoxy groups -OCH3 is 2. The summed E-state index contributed by atoms with van der Waals surface area (Å²) in [5.41, 5.74) is 5.95. The van der Waals surface area contributed by atoms with Crippen molar-refractivity contribution in [3.05, 3.63) is 0 Å². The first-order chi connectivity index (χ1) is 10.8. The van der Waals surface area contributed by atoms with Gasteiger partial charge in [0.15, 0.2) is 0 Å². The third-order valence-electron chi connectivity index (χ3n) is 6.62. The molecule has 3 fully saturated rings. The van der Waals surface area contributed by atoms with Crippen LogP contribution in [0.15, 0.2) is 0 Å². The zero-order valence-corrected chi connectivity index (χ0v) is 14.3. The maximum absolute atomic E-state index is 5.95. The Morgan fingerprint density at radius 2 is 1.77 bits per heavy atom. The molecule has 1 saturated heterocycles. The summed E-state index contributed by atoms with van der Waals surface area (Å²) in [5, 5.41) is 4.02. The van der Waals surface area contributed by atoms with Gasteiger partial charge in [0.25, 0.3) is 0 Å². The van der Waals surface area contributed by atoms with E-state index < -0.39 is 0 Å². The van der Waals surface area contributed by atoms with E-state index in [-0.39, 0.29) is 12.2 Å². The van der Waals surface area contributed by atoms with Gasteiger partial charge in [0.1, 0.15) is 0 Å². The Labute approximate surface area is 135 Å². The maximum atomic E-state index is 5.95. The Balaban J connectivity index is 1.69. The molecule has 0 amide bonds. The SMILES string of the molecule is COC1CCC(C2NC3CCCCC3C2CCN)CC1OC. The summed E-state index contributed by atoms with van der Waals surface area (Å²) in [4.78, 5) is 0. The molecule has 4 nitrogen and oxygen atoms in total. The largest absolute Gasteiger partial charge is 0.379 e. The van der Waals surface area contributed by atoms with Crippen molar-refractivity contribution in [3.63, 3.8) is 0 Å². The minimum absolute atomic E-state index is 0.256. The normalized spacial score (nSPS) is 45.7. The first kappa shape index (κ1) is 16.7. The first-order valence-electron chi connectivity index (χ1n) is 9.30. The van der Waals surface area contributed by atoms with E-state index in [1.807, 2.05) is 14.2 Å². The molecule has 0 bridgehead atoms. The molecule has 2 aliphatic carbocycles. The lowest BCUT2D eigenvalue weighted by atomic mass is 9.71. The molecule has 2 saturated carbocycles. The van der Waals surface area contributed by atoms with Gasteiger partial charge in [0, 0.05) is 26.3 Å². The Morgan fingerprint density at radius 3 is 2.50 bits per heavy atom. The Kier molecular flexibility index (Phi) is 5.77. The highest BCUT2D eigenvalue weighted by Crippen LogP contribution is 2.44. The average molecular weight is 310 g/mol. The van der Waals surface area contributed by atoms with E-state index in [0.29, 0.717) is 6.04 Å². The summed E-state index contributed by atoms with van der Waals surface area (Å²) in [6.45, 7) is 0.827. The number of ether oxygens (including phenoxy) is 2. The summed E-state index contributed by atoms with van der Waals surface area (Å²) in [7, 11) is 3.65. The smallest absolute Gasteiger partial charge is 0.0835 e. The van der Waals surface area contributed by atoms with Crippen molar-refractivity contribution in [3.8, 4) is 0 Å². The summed E-state index contributed by atoms with van der Waals surface area (Å²) < 4.78 is 11.3. The Morgan fingerprint density at radius 1 is 1.00 bits per heavy atom. The second-order valence-corrected chi connectivity index (χ2v) is 7.61. The molecule has 0 spiro atoms. The zero-order valence-electron chi connectivity index (χ0n) is 14.3. The van der Waals surface area contributed by atoms with Gasteiger partial charge in [0.05, 0.1) is 12.2 Å². The van der Waals surface area contributed by atoms with E-state index >= 15 is 0 Å². The van der Waals surface area contributed by atoms with Crippen LogP contribution in [0.4, 0.5) is 0 Å². The number of fused-ring (bicyclic) bond motifs is 1. The minimum atomic E-state index is 0.256. The van der Waals surface area contributed by atoms with Crippen LogP contribution in [0.1, 0.15) is 51.4 Å². The molecule has 4 heteroatoms. The van der Waals surface area contributed by atoms with E-state index in [2.05, 4.69) is 5.32 Å². The van der Waals surface area contributed by atoms with Gasteiger partial charge in [-0.1, -0.05) is 12.8 Å². The number of hydrogen-bond acceptors (Lipinski definition) is 4. The van der Waals surface area contributed by atoms with Crippen molar-refractivity contribution in [1.82, 2.24) is 5.32 Å². The molecule has 7 unspecified atom stereocenters. The van der Waals surface area contributed by atoms with E-state index in [1.165, 1.54) is 38.5 Å². The summed E-state index contributed by atoms with van der Waals surface area (Å²) in [6.07, 6.45) is 10.8. The topological polar surface area (TPSA) is 56.5 Å². The van der Waals surface area contributed by atoms with Crippen LogP contribution < -0.4 is 11.1 Å². The lowest BCUT2D eigenvalue weighted by Gasteiger charge is -2.39. The number of rotatable bonds is 5. The standard InChI is InChI=1S/C18H34N2O2/c1-21-16-8-7-12(11-17(16)22-2)18-14(9-10-19)13-5-3-4-6-15(13)20-18/h12-18,20H,3-11,19H2,1-2H3. The molecule has 3 aliphatic rings. The molecule has 3 rings (SSSR count). The maximum Gasteiger partial charge on any atom is 0.0835 e. The molecule has 7 atom stereocenters. The van der Waals surface area contributed by atoms with Gasteiger partial charge in [-0.2, -0.15) is 0 Å². The van der Waals surface area contributed by atoms with E-state index in [9.17, 15) is 0 Å². The van der Waals surface area contributed by atoms with Gasteiger partial charge < -0.3 is 20.5 Å². The lowest BCUT2D eigenvalue weighted by Crippen LogP contribution is -2.45. The average Bonchev–Trinajstić information content (AvgIpc) is 2.93. The Bertz CT molecular complexity index is 352. The molecular formula is C18H34N2O2. The highest BCUT2D eigenvalue weighted by molar-refractivity contribution is 5.03. The van der Waals surface area contributed by atoms with Crippen LogP contribution in [0.3, 0.4) is 0 Å². The van der Waals surface area contributed by atoms with Crippen LogP contribution >= 0.6 is 0 Å². The lowest BCUT2D eigenvalue weighted by molar-refractivity contribution is -0.0754. The van der Waals surface area contributed by atoms with Crippen molar-refractivity contribution in [1.29, 1.82) is 0 Å². The van der Waals surface area contributed by atoms with Gasteiger partial charge in [-0.15, -0.1) is 0 Å². The zero-order chi connectivity index (χ0) is 15.5. The van der Waals surface area contributed by atoms with Crippen molar-refractivity contribution in [2.24, 2.45) is 23.5 Å². The van der Waals surface area contributed by atoms with Crippen LogP contribution in [0, 0.1) is 17.8 Å². The molecule has 0 aromatic heterocycles. The highest BCUT2D eigenvalue weighted by atomic mass is 16.5. The van der Waals surface area contributed by atoms with Crippen LogP contribution in [-0.2, 0) is 9.47 Å². The summed E-state index contributed by atoms with van der Waals surface area (Å²) >= 11 is 0. The first-order valence-corrected chi connectivity index (χ1v) is 9.30. The van der Waals surface area contributed by atoms with Crippen LogP contribution in [-0.4, -0.2) is 45.1 Å². The van der Waals surface area contributed by atoms with Crippen LogP contribution in [0.2, 0.25) is 0 Å². The number of nitrogens with one attached hydrogen (secondary N) is 1. The van der Waals surface area contributed by atoms with E-state index in [0.717, 1.165) is 43.2 Å². The van der Waals surface area contributed by atoms with E-state index in [4.69, 9.17) is 15.2 Å². The fraction of sp³-hybridized carbons (Fsp3) is 1.00. The second kappa shape index (κ2) is 7.61. The summed E-state index contributed by atoms with van der Waals surface area (Å²) in [5.74, 6) is 2.36. The quantitative estimate of drug-likeness (QED) is 0.818. The van der Waals surface area contributed by atoms with Crippen molar-refractivity contribution in [2.45, 2.75) is 75.7 Å². The predicted molar refractivity (Wildman–Crippen MR) is 88.8 cm³/mol. The monoisotopic (exact) mass is 310 g/mol. The number of hydrogen-bond donors (Lipinski definition) is 2. The molecular weight excluding hydrogens is 276 g/mol. The third kappa shape index (κ3) is 3.21. The van der Waals surface area contributed by atoms with Gasteiger partial charge in [-0.25, -0.2) is 0 Å². The molecule has 0 aromatic carbocycles.